The third kappa shape index (κ3) is 17.8. The van der Waals surface area contributed by atoms with Crippen molar-refractivity contribution in [1.29, 1.82) is 0 Å². The molecule has 2 rings (SSSR count). The first kappa shape index (κ1) is 40.6. The molecule has 0 unspecified atom stereocenters. The van der Waals surface area contributed by atoms with Crippen molar-refractivity contribution in [1.82, 2.24) is 0 Å². The molecule has 0 saturated heterocycles. The largest absolute Gasteiger partial charge is 1.00 e. The fourth-order valence-corrected chi connectivity index (χ4v) is 7.22. The van der Waals surface area contributed by atoms with Crippen molar-refractivity contribution in [2.75, 3.05) is 0 Å². The van der Waals surface area contributed by atoms with Crippen LogP contribution in [-0.2, 0) is 23.0 Å². The minimum absolute atomic E-state index is 0. The van der Waals surface area contributed by atoms with E-state index in [2.05, 4.69) is 19.9 Å². The van der Waals surface area contributed by atoms with Crippen molar-refractivity contribution in [2.45, 2.75) is 186 Å². The second kappa shape index (κ2) is 25.8. The van der Waals surface area contributed by atoms with Crippen LogP contribution < -0.4 is 29.6 Å². The first-order chi connectivity index (χ1) is 20.5. The zero-order valence-electron chi connectivity index (χ0n) is 28.4. The summed E-state index contributed by atoms with van der Waals surface area (Å²) in [5.41, 5.74) is 2.02. The van der Waals surface area contributed by atoms with Gasteiger partial charge in [0.2, 0.25) is 0 Å². The molecule has 0 aromatic heterocycles. The molecule has 0 heterocycles. The van der Waals surface area contributed by atoms with Crippen molar-refractivity contribution in [3.63, 3.8) is 0 Å². The van der Waals surface area contributed by atoms with Gasteiger partial charge in [-0.2, -0.15) is 0 Å². The fraction of sp³-hybridized carbons (Fsp3) is 0.737. The Morgan fingerprint density at radius 2 is 0.884 bits per heavy atom. The molecule has 0 bridgehead atoms. The van der Waals surface area contributed by atoms with Crippen LogP contribution in [0.15, 0.2) is 35.2 Å². The molecular weight excluding hydrogens is 559 g/mol. The quantitative estimate of drug-likeness (QED) is 0.0567. The van der Waals surface area contributed by atoms with E-state index in [4.69, 9.17) is 0 Å². The molecule has 0 fully saturated rings. The molecule has 0 N–H and O–H groups in total. The Morgan fingerprint density at radius 3 is 1.30 bits per heavy atom. The van der Waals surface area contributed by atoms with Gasteiger partial charge in [-0.25, -0.2) is 8.42 Å². The number of aryl methyl sites for hydroxylation is 2. The molecule has 2 aromatic carbocycles. The van der Waals surface area contributed by atoms with Crippen molar-refractivity contribution < 1.29 is 42.5 Å². The van der Waals surface area contributed by atoms with E-state index in [1.54, 1.807) is 6.07 Å². The van der Waals surface area contributed by atoms with Gasteiger partial charge in [0, 0.05) is 0 Å². The molecule has 0 amide bonds. The molecule has 0 saturated carbocycles. The smallest absolute Gasteiger partial charge is 0.744 e. The standard InChI is InChI=1S/C38H64O3S.Na/c1-3-5-7-9-11-13-15-17-19-21-23-25-28-34-29-27-31-36-35(34)32-33-38(42(39,40)41)37(36)30-26-24-22-20-18-16-14-12-10-8-6-4-2;/h27,29,31-33H,3-26,28,30H2,1-2H3,(H,39,40,41);/q;+1/p-1. The van der Waals surface area contributed by atoms with Crippen LogP contribution in [0.3, 0.4) is 0 Å². The van der Waals surface area contributed by atoms with Gasteiger partial charge in [-0.1, -0.05) is 179 Å². The summed E-state index contributed by atoms with van der Waals surface area (Å²) < 4.78 is 36.4. The van der Waals surface area contributed by atoms with Gasteiger partial charge in [-0.15, -0.1) is 0 Å². The van der Waals surface area contributed by atoms with E-state index >= 15 is 0 Å². The van der Waals surface area contributed by atoms with Crippen molar-refractivity contribution >= 4 is 20.9 Å². The van der Waals surface area contributed by atoms with Crippen LogP contribution in [0.4, 0.5) is 0 Å². The van der Waals surface area contributed by atoms with E-state index in [9.17, 15) is 13.0 Å². The molecular formula is C38H63NaO3S. The maximum absolute atomic E-state index is 12.1. The summed E-state index contributed by atoms with van der Waals surface area (Å²) in [6, 6.07) is 9.70. The number of hydrogen-bond donors (Lipinski definition) is 0. The number of rotatable bonds is 27. The molecule has 0 spiro atoms. The summed E-state index contributed by atoms with van der Waals surface area (Å²) in [6.45, 7) is 4.54. The van der Waals surface area contributed by atoms with Gasteiger partial charge in [0.1, 0.15) is 10.1 Å². The summed E-state index contributed by atoms with van der Waals surface area (Å²) in [6.07, 6.45) is 33.0. The predicted octanol–water partition coefficient (Wildman–Crippen LogP) is 9.24. The van der Waals surface area contributed by atoms with E-state index < -0.39 is 10.1 Å². The van der Waals surface area contributed by atoms with Crippen molar-refractivity contribution in [3.05, 3.63) is 41.5 Å². The Kier molecular flexibility index (Phi) is 24.3. The van der Waals surface area contributed by atoms with Gasteiger partial charge < -0.3 is 4.55 Å². The van der Waals surface area contributed by atoms with Gasteiger partial charge in [-0.05, 0) is 53.6 Å². The Morgan fingerprint density at radius 1 is 0.488 bits per heavy atom. The Balaban J connectivity index is 0.00000924. The Labute approximate surface area is 288 Å². The van der Waals surface area contributed by atoms with Crippen LogP contribution >= 0.6 is 0 Å². The van der Waals surface area contributed by atoms with Crippen LogP contribution in [0.5, 0.6) is 0 Å². The Bertz CT molecular complexity index is 1070. The fourth-order valence-electron chi connectivity index (χ4n) is 6.47. The van der Waals surface area contributed by atoms with Crippen LogP contribution in [0, 0.1) is 0 Å². The third-order valence-electron chi connectivity index (χ3n) is 9.07. The molecule has 2 aromatic rings. The molecule has 0 aliphatic heterocycles. The maximum atomic E-state index is 12.1. The summed E-state index contributed by atoms with van der Waals surface area (Å²) in [7, 11) is -4.49. The summed E-state index contributed by atoms with van der Waals surface area (Å²) >= 11 is 0. The number of unbranched alkanes of at least 4 members (excludes halogenated alkanes) is 22. The number of fused-ring (bicyclic) bond motifs is 1. The molecule has 0 atom stereocenters. The van der Waals surface area contributed by atoms with E-state index in [1.165, 1.54) is 140 Å². The van der Waals surface area contributed by atoms with Gasteiger partial charge in [0.15, 0.2) is 0 Å². The SMILES string of the molecule is CCCCCCCCCCCCCCc1cccc2c(CCCCCCCCCCCCCC)c(S(=O)(=O)[O-])ccc12.[Na+]. The average Bonchev–Trinajstić information content (AvgIpc) is 2.97. The van der Waals surface area contributed by atoms with Gasteiger partial charge in [-0.3, -0.25) is 0 Å². The second-order valence-corrected chi connectivity index (χ2v) is 14.1. The molecule has 0 aliphatic rings. The Hall–Kier alpha value is -0.390. The van der Waals surface area contributed by atoms with Crippen LogP contribution in [0.2, 0.25) is 0 Å². The minimum Gasteiger partial charge on any atom is -0.744 e. The molecule has 43 heavy (non-hydrogen) atoms. The van der Waals surface area contributed by atoms with E-state index in [-0.39, 0.29) is 34.5 Å². The zero-order valence-corrected chi connectivity index (χ0v) is 31.2. The molecule has 5 heteroatoms. The second-order valence-electron chi connectivity index (χ2n) is 12.8. The van der Waals surface area contributed by atoms with Crippen molar-refractivity contribution in [2.24, 2.45) is 0 Å². The normalized spacial score (nSPS) is 11.7. The van der Waals surface area contributed by atoms with E-state index in [1.807, 2.05) is 18.2 Å². The van der Waals surface area contributed by atoms with Gasteiger partial charge >= 0.3 is 29.6 Å². The average molecular weight is 623 g/mol. The zero-order chi connectivity index (χ0) is 30.3. The summed E-state index contributed by atoms with van der Waals surface area (Å²) in [4.78, 5) is -0.0133. The topological polar surface area (TPSA) is 57.2 Å². The first-order valence-electron chi connectivity index (χ1n) is 18.0. The predicted molar refractivity (Wildman–Crippen MR) is 181 cm³/mol. The van der Waals surface area contributed by atoms with Crippen LogP contribution in [-0.4, -0.2) is 13.0 Å². The van der Waals surface area contributed by atoms with Crippen LogP contribution in [0.1, 0.15) is 179 Å². The van der Waals surface area contributed by atoms with Crippen LogP contribution in [0.25, 0.3) is 10.8 Å². The molecule has 3 nitrogen and oxygen atoms in total. The van der Waals surface area contributed by atoms with E-state index in [0.29, 0.717) is 6.42 Å². The maximum Gasteiger partial charge on any atom is 1.00 e. The van der Waals surface area contributed by atoms with Gasteiger partial charge in [0.05, 0.1) is 4.90 Å². The minimum atomic E-state index is -4.49. The molecule has 0 radical (unpaired) electrons. The number of benzene rings is 2. The van der Waals surface area contributed by atoms with Gasteiger partial charge in [0.25, 0.3) is 0 Å². The van der Waals surface area contributed by atoms with E-state index in [0.717, 1.165) is 42.0 Å². The first-order valence-corrected chi connectivity index (χ1v) is 19.4. The number of hydrogen-bond acceptors (Lipinski definition) is 3. The monoisotopic (exact) mass is 622 g/mol. The molecule has 0 aliphatic carbocycles. The summed E-state index contributed by atoms with van der Waals surface area (Å²) in [5, 5.41) is 2.09. The van der Waals surface area contributed by atoms with Crippen molar-refractivity contribution in [3.8, 4) is 0 Å². The third-order valence-corrected chi connectivity index (χ3v) is 9.99. The molecule has 240 valence electrons. The summed E-state index contributed by atoms with van der Waals surface area (Å²) in [5.74, 6) is 0.